The van der Waals surface area contributed by atoms with Gasteiger partial charge in [0, 0.05) is 12.6 Å². The van der Waals surface area contributed by atoms with Crippen LogP contribution in [0.1, 0.15) is 40.0 Å². The third-order valence-electron chi connectivity index (χ3n) is 3.27. The van der Waals surface area contributed by atoms with Gasteiger partial charge in [-0.25, -0.2) is 0 Å². The van der Waals surface area contributed by atoms with Gasteiger partial charge < -0.3 is 15.3 Å². The van der Waals surface area contributed by atoms with Crippen molar-refractivity contribution in [3.8, 4) is 0 Å². The summed E-state index contributed by atoms with van der Waals surface area (Å²) in [5, 5.41) is 12.2. The molecule has 4 heteroatoms. The summed E-state index contributed by atoms with van der Waals surface area (Å²) in [6.07, 6.45) is 3.35. The first kappa shape index (κ1) is 13.5. The molecule has 1 aliphatic rings. The predicted octanol–water partition coefficient (Wildman–Crippen LogP) is 0.748. The van der Waals surface area contributed by atoms with E-state index in [9.17, 15) is 4.79 Å². The number of rotatable bonds is 6. The number of likely N-dealkylation sites (N-methyl/N-ethyl adjacent to an activating group) is 1. The zero-order valence-corrected chi connectivity index (χ0v) is 10.6. The van der Waals surface area contributed by atoms with Crippen molar-refractivity contribution in [2.24, 2.45) is 0 Å². The highest BCUT2D eigenvalue weighted by atomic mass is 16.3. The van der Waals surface area contributed by atoms with Crippen molar-refractivity contribution in [3.05, 3.63) is 0 Å². The summed E-state index contributed by atoms with van der Waals surface area (Å²) < 4.78 is 0. The summed E-state index contributed by atoms with van der Waals surface area (Å²) in [5.41, 5.74) is -0.528. The van der Waals surface area contributed by atoms with Gasteiger partial charge in [-0.3, -0.25) is 4.79 Å². The maximum Gasteiger partial charge on any atom is 0.242 e. The van der Waals surface area contributed by atoms with E-state index in [-0.39, 0.29) is 12.5 Å². The monoisotopic (exact) mass is 228 g/mol. The molecule has 1 saturated carbocycles. The number of aliphatic hydroxyl groups excluding tert-OH is 1. The maximum atomic E-state index is 12.3. The zero-order valence-electron chi connectivity index (χ0n) is 10.6. The second-order valence-corrected chi connectivity index (χ2v) is 4.96. The molecule has 1 aliphatic carbocycles. The standard InChI is InChI=1S/C12H24N2O2/c1-4-13-12(2,3)11(16)14(8-9-15)10-6-5-7-10/h10,13,15H,4-9H2,1-3H3. The first-order valence-corrected chi connectivity index (χ1v) is 6.20. The molecule has 0 unspecified atom stereocenters. The van der Waals surface area contributed by atoms with Crippen molar-refractivity contribution in [3.63, 3.8) is 0 Å². The fourth-order valence-corrected chi connectivity index (χ4v) is 2.13. The lowest BCUT2D eigenvalue weighted by Gasteiger charge is -2.41. The van der Waals surface area contributed by atoms with Crippen molar-refractivity contribution >= 4 is 5.91 Å². The minimum atomic E-state index is -0.528. The fourth-order valence-electron chi connectivity index (χ4n) is 2.13. The second kappa shape index (κ2) is 5.64. The quantitative estimate of drug-likeness (QED) is 0.705. The smallest absolute Gasteiger partial charge is 0.242 e. The normalized spacial score (nSPS) is 17.0. The summed E-state index contributed by atoms with van der Waals surface area (Å²) in [5.74, 6) is 0.105. The maximum absolute atomic E-state index is 12.3. The molecule has 94 valence electrons. The number of nitrogens with one attached hydrogen (secondary N) is 1. The number of hydrogen-bond donors (Lipinski definition) is 2. The summed E-state index contributed by atoms with van der Waals surface area (Å²) in [4.78, 5) is 14.2. The first-order chi connectivity index (χ1) is 7.53. The lowest BCUT2D eigenvalue weighted by molar-refractivity contribution is -0.142. The Morgan fingerprint density at radius 3 is 2.50 bits per heavy atom. The van der Waals surface area contributed by atoms with Crippen LogP contribution in [0.15, 0.2) is 0 Å². The van der Waals surface area contributed by atoms with Gasteiger partial charge in [0.1, 0.15) is 0 Å². The summed E-state index contributed by atoms with van der Waals surface area (Å²) in [6.45, 7) is 7.08. The Bertz CT molecular complexity index is 237. The van der Waals surface area contributed by atoms with Crippen LogP contribution < -0.4 is 5.32 Å². The molecule has 0 aliphatic heterocycles. The highest BCUT2D eigenvalue weighted by Gasteiger charge is 2.36. The van der Waals surface area contributed by atoms with Crippen LogP contribution in [0.2, 0.25) is 0 Å². The molecule has 2 N–H and O–H groups in total. The van der Waals surface area contributed by atoms with Crippen molar-refractivity contribution in [1.82, 2.24) is 10.2 Å². The van der Waals surface area contributed by atoms with Crippen LogP contribution in [0.5, 0.6) is 0 Å². The number of nitrogens with zero attached hydrogens (tertiary/aromatic N) is 1. The minimum Gasteiger partial charge on any atom is -0.395 e. The van der Waals surface area contributed by atoms with Gasteiger partial charge in [-0.2, -0.15) is 0 Å². The van der Waals surface area contributed by atoms with Gasteiger partial charge in [0.05, 0.1) is 12.1 Å². The van der Waals surface area contributed by atoms with Gasteiger partial charge in [0.25, 0.3) is 0 Å². The predicted molar refractivity (Wildman–Crippen MR) is 64.2 cm³/mol. The Morgan fingerprint density at radius 1 is 1.50 bits per heavy atom. The molecular weight excluding hydrogens is 204 g/mol. The third kappa shape index (κ3) is 2.95. The average Bonchev–Trinajstić information content (AvgIpc) is 2.13. The zero-order chi connectivity index (χ0) is 12.2. The lowest BCUT2D eigenvalue weighted by atomic mass is 9.89. The third-order valence-corrected chi connectivity index (χ3v) is 3.27. The minimum absolute atomic E-state index is 0.0461. The van der Waals surface area contributed by atoms with Gasteiger partial charge >= 0.3 is 0 Å². The molecular formula is C12H24N2O2. The summed E-state index contributed by atoms with van der Waals surface area (Å²) in [7, 11) is 0. The molecule has 1 rings (SSSR count). The fraction of sp³-hybridized carbons (Fsp3) is 0.917. The van der Waals surface area contributed by atoms with Crippen molar-refractivity contribution in [2.75, 3.05) is 19.7 Å². The van der Waals surface area contributed by atoms with E-state index in [4.69, 9.17) is 5.11 Å². The Kier molecular flexibility index (Phi) is 4.74. The molecule has 1 amide bonds. The number of carbonyl (C=O) groups is 1. The summed E-state index contributed by atoms with van der Waals surface area (Å²) >= 11 is 0. The van der Waals surface area contributed by atoms with Gasteiger partial charge in [-0.05, 0) is 39.7 Å². The van der Waals surface area contributed by atoms with Crippen LogP contribution in [0, 0.1) is 0 Å². The van der Waals surface area contributed by atoms with E-state index in [2.05, 4.69) is 5.32 Å². The molecule has 0 saturated heterocycles. The van der Waals surface area contributed by atoms with Gasteiger partial charge in [-0.1, -0.05) is 6.92 Å². The van der Waals surface area contributed by atoms with Crippen LogP contribution in [-0.4, -0.2) is 47.2 Å². The van der Waals surface area contributed by atoms with Gasteiger partial charge in [0.15, 0.2) is 0 Å². The van der Waals surface area contributed by atoms with Gasteiger partial charge in [-0.15, -0.1) is 0 Å². The van der Waals surface area contributed by atoms with Crippen molar-refractivity contribution in [1.29, 1.82) is 0 Å². The Morgan fingerprint density at radius 2 is 2.12 bits per heavy atom. The topological polar surface area (TPSA) is 52.6 Å². The Balaban J connectivity index is 2.65. The largest absolute Gasteiger partial charge is 0.395 e. The molecule has 1 fully saturated rings. The molecule has 0 radical (unpaired) electrons. The van der Waals surface area contributed by atoms with Crippen molar-refractivity contribution in [2.45, 2.75) is 51.6 Å². The van der Waals surface area contributed by atoms with E-state index < -0.39 is 5.54 Å². The van der Waals surface area contributed by atoms with Crippen LogP contribution in [0.3, 0.4) is 0 Å². The highest BCUT2D eigenvalue weighted by molar-refractivity contribution is 5.85. The van der Waals surface area contributed by atoms with Crippen LogP contribution in [-0.2, 0) is 4.79 Å². The van der Waals surface area contributed by atoms with E-state index in [0.717, 1.165) is 19.4 Å². The number of amides is 1. The number of carbonyl (C=O) groups excluding carboxylic acids is 1. The molecule has 0 atom stereocenters. The van der Waals surface area contributed by atoms with Crippen molar-refractivity contribution < 1.29 is 9.90 Å². The number of hydrogen-bond acceptors (Lipinski definition) is 3. The SMILES string of the molecule is CCNC(C)(C)C(=O)N(CCO)C1CCC1. The van der Waals surface area contributed by atoms with Crippen LogP contribution in [0.25, 0.3) is 0 Å². The molecule has 0 heterocycles. The molecule has 0 bridgehead atoms. The van der Waals surface area contributed by atoms with E-state index in [1.54, 1.807) is 0 Å². The molecule has 16 heavy (non-hydrogen) atoms. The number of aliphatic hydroxyl groups is 1. The molecule has 0 aromatic rings. The van der Waals surface area contributed by atoms with Gasteiger partial charge in [0.2, 0.25) is 5.91 Å². The Labute approximate surface area is 98.0 Å². The highest BCUT2D eigenvalue weighted by Crippen LogP contribution is 2.26. The van der Waals surface area contributed by atoms with E-state index in [1.807, 2.05) is 25.7 Å². The van der Waals surface area contributed by atoms with Crippen LogP contribution >= 0.6 is 0 Å². The lowest BCUT2D eigenvalue weighted by Crippen LogP contribution is -2.58. The Hall–Kier alpha value is -0.610. The summed E-state index contributed by atoms with van der Waals surface area (Å²) in [6, 6.07) is 0.345. The van der Waals surface area contributed by atoms with E-state index in [1.165, 1.54) is 6.42 Å². The molecule has 0 aromatic carbocycles. The van der Waals surface area contributed by atoms with E-state index >= 15 is 0 Å². The molecule has 0 aromatic heterocycles. The first-order valence-electron chi connectivity index (χ1n) is 6.20. The molecule has 4 nitrogen and oxygen atoms in total. The average molecular weight is 228 g/mol. The van der Waals surface area contributed by atoms with E-state index in [0.29, 0.717) is 12.6 Å². The van der Waals surface area contributed by atoms with Crippen LogP contribution in [0.4, 0.5) is 0 Å². The second-order valence-electron chi connectivity index (χ2n) is 4.96. The molecule has 0 spiro atoms.